The van der Waals surface area contributed by atoms with Crippen molar-refractivity contribution >= 4 is 22.9 Å². The maximum Gasteiger partial charge on any atom is 0.131 e. The van der Waals surface area contributed by atoms with Crippen molar-refractivity contribution in [3.63, 3.8) is 0 Å². The van der Waals surface area contributed by atoms with Gasteiger partial charge in [-0.1, -0.05) is 18.5 Å². The van der Waals surface area contributed by atoms with Gasteiger partial charge in [-0.2, -0.15) is 0 Å². The normalized spacial score (nSPS) is 12.4. The van der Waals surface area contributed by atoms with Gasteiger partial charge in [0.15, 0.2) is 0 Å². The summed E-state index contributed by atoms with van der Waals surface area (Å²) >= 11 is 7.68. The first-order chi connectivity index (χ1) is 9.60. The number of aryl methyl sites for hydroxylation is 1. The zero-order valence-corrected chi connectivity index (χ0v) is 13.3. The summed E-state index contributed by atoms with van der Waals surface area (Å²) in [5, 5.41) is 3.88. The van der Waals surface area contributed by atoms with Crippen molar-refractivity contribution in [2.45, 2.75) is 39.3 Å². The third-order valence-electron chi connectivity index (χ3n) is 2.90. The summed E-state index contributed by atoms with van der Waals surface area (Å²) in [7, 11) is 0. The lowest BCUT2D eigenvalue weighted by molar-refractivity contribution is 0.297. The minimum absolute atomic E-state index is 0.116. The molecule has 0 aliphatic heterocycles. The van der Waals surface area contributed by atoms with Gasteiger partial charge in [0.05, 0.1) is 10.7 Å². The number of nitrogens with zero attached hydrogens (tertiary/aromatic N) is 1. The number of ether oxygens (including phenoxy) is 1. The molecular formula is C15H19ClN2OS. The van der Waals surface area contributed by atoms with Crippen LogP contribution in [0, 0.1) is 0 Å². The maximum absolute atomic E-state index is 5.99. The van der Waals surface area contributed by atoms with Crippen LogP contribution in [-0.4, -0.2) is 4.98 Å². The van der Waals surface area contributed by atoms with E-state index in [4.69, 9.17) is 22.1 Å². The molecule has 5 heteroatoms. The molecule has 3 nitrogen and oxygen atoms in total. The summed E-state index contributed by atoms with van der Waals surface area (Å²) < 4.78 is 5.84. The van der Waals surface area contributed by atoms with Gasteiger partial charge in [-0.05, 0) is 38.0 Å². The molecule has 2 N–H and O–H groups in total. The molecule has 1 aromatic heterocycles. The minimum Gasteiger partial charge on any atom is -0.487 e. The Morgan fingerprint density at radius 2 is 2.25 bits per heavy atom. The predicted molar refractivity (Wildman–Crippen MR) is 84.5 cm³/mol. The minimum atomic E-state index is -0.116. The van der Waals surface area contributed by atoms with Crippen LogP contribution in [0.1, 0.15) is 42.6 Å². The Balaban J connectivity index is 2.06. The number of aromatic nitrogens is 1. The van der Waals surface area contributed by atoms with Crippen LogP contribution >= 0.6 is 22.9 Å². The lowest BCUT2D eigenvalue weighted by Gasteiger charge is -2.13. The molecule has 0 fully saturated rings. The van der Waals surface area contributed by atoms with Gasteiger partial charge in [-0.25, -0.2) is 4.98 Å². The van der Waals surface area contributed by atoms with Crippen LogP contribution in [0.2, 0.25) is 5.02 Å². The van der Waals surface area contributed by atoms with Crippen LogP contribution in [0.4, 0.5) is 0 Å². The van der Waals surface area contributed by atoms with Crippen molar-refractivity contribution in [3.8, 4) is 5.75 Å². The molecule has 20 heavy (non-hydrogen) atoms. The number of hydrogen-bond donors (Lipinski definition) is 1. The van der Waals surface area contributed by atoms with E-state index in [9.17, 15) is 0 Å². The molecule has 108 valence electrons. The quantitative estimate of drug-likeness (QED) is 0.863. The number of hydrogen-bond acceptors (Lipinski definition) is 4. The van der Waals surface area contributed by atoms with E-state index in [1.807, 2.05) is 30.5 Å². The number of thiazole rings is 1. The largest absolute Gasteiger partial charge is 0.487 e. The Bertz CT molecular complexity index is 569. The summed E-state index contributed by atoms with van der Waals surface area (Å²) in [4.78, 5) is 4.54. The fraction of sp³-hybridized carbons (Fsp3) is 0.400. The summed E-state index contributed by atoms with van der Waals surface area (Å²) in [5.41, 5.74) is 7.82. The third-order valence-corrected chi connectivity index (χ3v) is 4.09. The zero-order chi connectivity index (χ0) is 14.5. The van der Waals surface area contributed by atoms with Crippen molar-refractivity contribution in [2.24, 2.45) is 5.73 Å². The van der Waals surface area contributed by atoms with Crippen LogP contribution in [0.25, 0.3) is 0 Å². The van der Waals surface area contributed by atoms with Crippen LogP contribution in [0.15, 0.2) is 23.6 Å². The van der Waals surface area contributed by atoms with Gasteiger partial charge >= 0.3 is 0 Å². The van der Waals surface area contributed by atoms with Crippen molar-refractivity contribution in [3.05, 3.63) is 44.9 Å². The molecule has 0 spiro atoms. The molecule has 0 aliphatic carbocycles. The van der Waals surface area contributed by atoms with Gasteiger partial charge < -0.3 is 10.5 Å². The van der Waals surface area contributed by atoms with E-state index < -0.39 is 0 Å². The van der Waals surface area contributed by atoms with E-state index >= 15 is 0 Å². The van der Waals surface area contributed by atoms with E-state index in [1.165, 1.54) is 0 Å². The Kier molecular flexibility index (Phi) is 5.40. The Labute approximate surface area is 128 Å². The fourth-order valence-electron chi connectivity index (χ4n) is 1.90. The lowest BCUT2D eigenvalue weighted by atomic mass is 10.1. The third kappa shape index (κ3) is 3.95. The molecule has 0 saturated heterocycles. The highest BCUT2D eigenvalue weighted by molar-refractivity contribution is 7.09. The summed E-state index contributed by atoms with van der Waals surface area (Å²) in [6, 6.07) is 5.41. The van der Waals surface area contributed by atoms with Crippen LogP contribution in [0.5, 0.6) is 5.75 Å². The SMILES string of the molecule is CCCc1nc(COc2ccc(Cl)cc2C(C)N)cs1. The molecule has 0 saturated carbocycles. The van der Waals surface area contributed by atoms with Crippen molar-refractivity contribution in [1.29, 1.82) is 0 Å². The van der Waals surface area contributed by atoms with Crippen molar-refractivity contribution in [1.82, 2.24) is 4.98 Å². The molecule has 0 aliphatic rings. The molecular weight excluding hydrogens is 292 g/mol. The highest BCUT2D eigenvalue weighted by Gasteiger charge is 2.10. The molecule has 0 amide bonds. The van der Waals surface area contributed by atoms with E-state index in [1.54, 1.807) is 11.3 Å². The molecule has 2 aromatic rings. The average Bonchev–Trinajstić information content (AvgIpc) is 2.85. The van der Waals surface area contributed by atoms with E-state index in [2.05, 4.69) is 11.9 Å². The second-order valence-electron chi connectivity index (χ2n) is 4.74. The Morgan fingerprint density at radius 3 is 2.95 bits per heavy atom. The standard InChI is InChI=1S/C15H19ClN2OS/c1-3-4-15-18-12(9-20-15)8-19-14-6-5-11(16)7-13(14)10(2)17/h5-7,9-10H,3-4,8,17H2,1-2H3. The fourth-order valence-corrected chi connectivity index (χ4v) is 2.97. The highest BCUT2D eigenvalue weighted by Crippen LogP contribution is 2.28. The zero-order valence-electron chi connectivity index (χ0n) is 11.7. The topological polar surface area (TPSA) is 48.1 Å². The molecule has 1 aromatic carbocycles. The predicted octanol–water partition coefficient (Wildman–Crippen LogP) is 4.35. The molecule has 1 heterocycles. The van der Waals surface area contributed by atoms with Crippen molar-refractivity contribution in [2.75, 3.05) is 0 Å². The van der Waals surface area contributed by atoms with Gasteiger partial charge in [0.25, 0.3) is 0 Å². The molecule has 1 unspecified atom stereocenters. The number of nitrogens with two attached hydrogens (primary N) is 1. The average molecular weight is 311 g/mol. The van der Waals surface area contributed by atoms with Crippen LogP contribution in [0.3, 0.4) is 0 Å². The second-order valence-corrected chi connectivity index (χ2v) is 6.12. The van der Waals surface area contributed by atoms with E-state index in [-0.39, 0.29) is 6.04 Å². The van der Waals surface area contributed by atoms with E-state index in [0.29, 0.717) is 11.6 Å². The van der Waals surface area contributed by atoms with Crippen LogP contribution in [-0.2, 0) is 13.0 Å². The maximum atomic E-state index is 5.99. The smallest absolute Gasteiger partial charge is 0.131 e. The Morgan fingerprint density at radius 1 is 1.45 bits per heavy atom. The first-order valence-corrected chi connectivity index (χ1v) is 7.97. The summed E-state index contributed by atoms with van der Waals surface area (Å²) in [6.07, 6.45) is 2.14. The molecule has 1 atom stereocenters. The van der Waals surface area contributed by atoms with Crippen molar-refractivity contribution < 1.29 is 4.74 Å². The monoisotopic (exact) mass is 310 g/mol. The number of benzene rings is 1. The first kappa shape index (κ1) is 15.3. The molecule has 2 rings (SSSR count). The van der Waals surface area contributed by atoms with Gasteiger partial charge in [-0.15, -0.1) is 11.3 Å². The van der Waals surface area contributed by atoms with Gasteiger partial charge in [0.2, 0.25) is 0 Å². The number of halogens is 1. The highest BCUT2D eigenvalue weighted by atomic mass is 35.5. The van der Waals surface area contributed by atoms with E-state index in [0.717, 1.165) is 34.9 Å². The second kappa shape index (κ2) is 7.07. The summed E-state index contributed by atoms with van der Waals surface area (Å²) in [6.45, 7) is 4.53. The lowest BCUT2D eigenvalue weighted by Crippen LogP contribution is -2.08. The molecule has 0 bridgehead atoms. The van der Waals surface area contributed by atoms with Crippen LogP contribution < -0.4 is 10.5 Å². The summed E-state index contributed by atoms with van der Waals surface area (Å²) in [5.74, 6) is 0.773. The number of rotatable bonds is 6. The van der Waals surface area contributed by atoms with Gasteiger partial charge in [0, 0.05) is 22.0 Å². The Hall–Kier alpha value is -1.10. The van der Waals surface area contributed by atoms with Gasteiger partial charge in [-0.3, -0.25) is 0 Å². The molecule has 0 radical (unpaired) electrons. The van der Waals surface area contributed by atoms with Gasteiger partial charge in [0.1, 0.15) is 12.4 Å². The first-order valence-electron chi connectivity index (χ1n) is 6.71.